The fourth-order valence-electron chi connectivity index (χ4n) is 1.93. The molecule has 0 unspecified atom stereocenters. The van der Waals surface area contributed by atoms with Gasteiger partial charge in [-0.25, -0.2) is 4.98 Å². The van der Waals surface area contributed by atoms with Gasteiger partial charge in [0.1, 0.15) is 5.76 Å². The molecule has 0 radical (unpaired) electrons. The maximum atomic E-state index is 5.19. The monoisotopic (exact) mass is 234 g/mol. The molecule has 1 N–H and O–H groups in total. The Morgan fingerprint density at radius 3 is 2.71 bits per heavy atom. The first-order valence-corrected chi connectivity index (χ1v) is 5.76. The number of nitrogens with one attached hydrogen (secondary N) is 1. The zero-order valence-electron chi connectivity index (χ0n) is 10.7. The summed E-state index contributed by atoms with van der Waals surface area (Å²) in [4.78, 5) is 3.89. The average molecular weight is 234 g/mol. The highest BCUT2D eigenvalue weighted by Crippen LogP contribution is 2.22. The number of oxazole rings is 1. The molecule has 2 aromatic heterocycles. The topological polar surface area (TPSA) is 55.9 Å². The van der Waals surface area contributed by atoms with E-state index in [0.717, 1.165) is 22.8 Å². The van der Waals surface area contributed by atoms with Crippen molar-refractivity contribution in [2.75, 3.05) is 5.32 Å². The van der Waals surface area contributed by atoms with Crippen molar-refractivity contribution in [3.05, 3.63) is 29.7 Å². The Kier molecular flexibility index (Phi) is 3.17. The first-order valence-electron chi connectivity index (χ1n) is 5.76. The summed E-state index contributed by atoms with van der Waals surface area (Å²) in [5.41, 5.74) is 3.24. The quantitative estimate of drug-likeness (QED) is 0.883. The van der Waals surface area contributed by atoms with E-state index >= 15 is 0 Å². The predicted molar refractivity (Wildman–Crippen MR) is 65.9 cm³/mol. The number of hydrogen-bond acceptors (Lipinski definition) is 4. The lowest BCUT2D eigenvalue weighted by Crippen LogP contribution is -2.06. The summed E-state index contributed by atoms with van der Waals surface area (Å²) < 4.78 is 7.21. The summed E-state index contributed by atoms with van der Waals surface area (Å²) in [5.74, 6) is 0.820. The van der Waals surface area contributed by atoms with Gasteiger partial charge in [-0.1, -0.05) is 0 Å². The number of rotatable bonds is 4. The van der Waals surface area contributed by atoms with Crippen LogP contribution >= 0.6 is 0 Å². The Balaban J connectivity index is 2.15. The van der Waals surface area contributed by atoms with Gasteiger partial charge in [-0.15, -0.1) is 0 Å². The number of aromatic nitrogens is 3. The summed E-state index contributed by atoms with van der Waals surface area (Å²) in [7, 11) is 0. The van der Waals surface area contributed by atoms with Crippen LogP contribution in [0.4, 0.5) is 5.69 Å². The molecule has 5 heteroatoms. The van der Waals surface area contributed by atoms with Crippen LogP contribution in [0.3, 0.4) is 0 Å². The van der Waals surface area contributed by atoms with Gasteiger partial charge in [0, 0.05) is 6.04 Å². The van der Waals surface area contributed by atoms with Crippen LogP contribution in [0.5, 0.6) is 0 Å². The first-order chi connectivity index (χ1) is 8.09. The van der Waals surface area contributed by atoms with Crippen molar-refractivity contribution in [3.63, 3.8) is 0 Å². The van der Waals surface area contributed by atoms with E-state index in [4.69, 9.17) is 4.42 Å². The molecule has 0 aromatic carbocycles. The first kappa shape index (κ1) is 11.7. The Labute approximate surface area is 101 Å². The molecule has 0 spiro atoms. The molecule has 0 saturated heterocycles. The zero-order valence-corrected chi connectivity index (χ0v) is 10.7. The van der Waals surface area contributed by atoms with E-state index in [1.54, 1.807) is 6.20 Å². The lowest BCUT2D eigenvalue weighted by Gasteiger charge is -2.09. The minimum Gasteiger partial charge on any atom is -0.447 e. The molecule has 0 fully saturated rings. The molecule has 0 amide bonds. The smallest absolute Gasteiger partial charge is 0.180 e. The van der Waals surface area contributed by atoms with Crippen molar-refractivity contribution in [2.24, 2.45) is 0 Å². The van der Waals surface area contributed by atoms with Crippen LogP contribution in [0, 0.1) is 13.8 Å². The average Bonchev–Trinajstić information content (AvgIpc) is 2.86. The van der Waals surface area contributed by atoms with E-state index in [2.05, 4.69) is 36.2 Å². The van der Waals surface area contributed by atoms with Gasteiger partial charge in [-0.2, -0.15) is 5.10 Å². The van der Waals surface area contributed by atoms with Crippen molar-refractivity contribution < 1.29 is 4.42 Å². The Hall–Kier alpha value is -1.78. The molecule has 0 aliphatic rings. The third kappa shape index (κ3) is 2.33. The Morgan fingerprint density at radius 1 is 1.41 bits per heavy atom. The largest absolute Gasteiger partial charge is 0.447 e. The Morgan fingerprint density at radius 2 is 2.18 bits per heavy atom. The van der Waals surface area contributed by atoms with Crippen molar-refractivity contribution in [3.8, 4) is 0 Å². The third-order valence-corrected chi connectivity index (χ3v) is 2.74. The number of nitrogens with zero attached hydrogens (tertiary/aromatic N) is 3. The van der Waals surface area contributed by atoms with E-state index in [1.807, 2.05) is 11.6 Å². The predicted octanol–water partition coefficient (Wildman–Crippen LogP) is 2.68. The molecule has 0 saturated carbocycles. The summed E-state index contributed by atoms with van der Waals surface area (Å²) >= 11 is 0. The van der Waals surface area contributed by atoms with Gasteiger partial charge in [0.25, 0.3) is 0 Å². The molecule has 2 aromatic rings. The fraction of sp³-hybridized carbons (Fsp3) is 0.500. The van der Waals surface area contributed by atoms with E-state index in [1.165, 1.54) is 6.39 Å². The van der Waals surface area contributed by atoms with Gasteiger partial charge in [0.2, 0.25) is 0 Å². The van der Waals surface area contributed by atoms with Crippen LogP contribution in [0.2, 0.25) is 0 Å². The highest BCUT2D eigenvalue weighted by atomic mass is 16.3. The van der Waals surface area contributed by atoms with E-state index in [9.17, 15) is 0 Å². The van der Waals surface area contributed by atoms with Crippen molar-refractivity contribution in [1.29, 1.82) is 0 Å². The molecular formula is C12H18N4O. The molecule has 2 heterocycles. The lowest BCUT2D eigenvalue weighted by atomic mass is 10.3. The van der Waals surface area contributed by atoms with Crippen LogP contribution < -0.4 is 5.32 Å². The van der Waals surface area contributed by atoms with Crippen molar-refractivity contribution in [1.82, 2.24) is 14.8 Å². The summed E-state index contributed by atoms with van der Waals surface area (Å²) in [6.07, 6.45) is 3.15. The van der Waals surface area contributed by atoms with Crippen LogP contribution in [-0.4, -0.2) is 14.8 Å². The molecule has 0 atom stereocenters. The SMILES string of the molecule is Cc1nn(C(C)C)c(C)c1NCc1cnco1. The van der Waals surface area contributed by atoms with Gasteiger partial charge in [0.05, 0.1) is 29.8 Å². The van der Waals surface area contributed by atoms with Gasteiger partial charge in [0.15, 0.2) is 6.39 Å². The zero-order chi connectivity index (χ0) is 12.4. The molecule has 0 bridgehead atoms. The van der Waals surface area contributed by atoms with Crippen LogP contribution in [0.1, 0.15) is 37.0 Å². The van der Waals surface area contributed by atoms with Crippen molar-refractivity contribution >= 4 is 5.69 Å². The van der Waals surface area contributed by atoms with Gasteiger partial charge >= 0.3 is 0 Å². The summed E-state index contributed by atoms with van der Waals surface area (Å²) in [5, 5.41) is 7.86. The van der Waals surface area contributed by atoms with Crippen LogP contribution in [-0.2, 0) is 6.54 Å². The van der Waals surface area contributed by atoms with Crippen LogP contribution in [0.25, 0.3) is 0 Å². The summed E-state index contributed by atoms with van der Waals surface area (Å²) in [6.45, 7) is 8.96. The van der Waals surface area contributed by atoms with Gasteiger partial charge in [-0.3, -0.25) is 4.68 Å². The number of hydrogen-bond donors (Lipinski definition) is 1. The maximum Gasteiger partial charge on any atom is 0.180 e. The number of aryl methyl sites for hydroxylation is 1. The lowest BCUT2D eigenvalue weighted by molar-refractivity contribution is 0.511. The minimum atomic E-state index is 0.370. The highest BCUT2D eigenvalue weighted by molar-refractivity contribution is 5.52. The molecule has 2 rings (SSSR count). The number of anilines is 1. The molecular weight excluding hydrogens is 216 g/mol. The van der Waals surface area contributed by atoms with E-state index in [-0.39, 0.29) is 0 Å². The normalized spacial score (nSPS) is 11.1. The second-order valence-corrected chi connectivity index (χ2v) is 4.41. The standard InChI is InChI=1S/C12H18N4O/c1-8(2)16-10(4)12(9(3)15-16)14-6-11-5-13-7-17-11/h5,7-8,14H,6H2,1-4H3. The highest BCUT2D eigenvalue weighted by Gasteiger charge is 2.13. The molecule has 5 nitrogen and oxygen atoms in total. The second-order valence-electron chi connectivity index (χ2n) is 4.41. The van der Waals surface area contributed by atoms with Gasteiger partial charge < -0.3 is 9.73 Å². The van der Waals surface area contributed by atoms with E-state index in [0.29, 0.717) is 12.6 Å². The fourth-order valence-corrected chi connectivity index (χ4v) is 1.93. The molecule has 92 valence electrons. The summed E-state index contributed by atoms with van der Waals surface area (Å²) in [6, 6.07) is 0.370. The molecule has 0 aliphatic carbocycles. The minimum absolute atomic E-state index is 0.370. The third-order valence-electron chi connectivity index (χ3n) is 2.74. The van der Waals surface area contributed by atoms with Crippen molar-refractivity contribution in [2.45, 2.75) is 40.3 Å². The Bertz CT molecular complexity index is 485. The molecule has 17 heavy (non-hydrogen) atoms. The molecule has 0 aliphatic heterocycles. The maximum absolute atomic E-state index is 5.19. The van der Waals surface area contributed by atoms with Crippen LogP contribution in [0.15, 0.2) is 17.0 Å². The second kappa shape index (κ2) is 4.61. The van der Waals surface area contributed by atoms with E-state index < -0.39 is 0 Å². The van der Waals surface area contributed by atoms with Gasteiger partial charge in [-0.05, 0) is 27.7 Å².